The van der Waals surface area contributed by atoms with E-state index in [0.29, 0.717) is 12.4 Å². The first-order valence-electron chi connectivity index (χ1n) is 4.98. The fourth-order valence-electron chi connectivity index (χ4n) is 1.24. The van der Waals surface area contributed by atoms with E-state index in [0.717, 1.165) is 22.7 Å². The van der Waals surface area contributed by atoms with Crippen LogP contribution in [0, 0.1) is 10.1 Å². The lowest BCUT2D eigenvalue weighted by atomic mass is 10.2. The first-order chi connectivity index (χ1) is 8.11. The molecule has 0 radical (unpaired) electrons. The van der Waals surface area contributed by atoms with Crippen LogP contribution in [-0.2, 0) is 6.42 Å². The lowest BCUT2D eigenvalue weighted by Gasteiger charge is -2.07. The molecule has 17 heavy (non-hydrogen) atoms. The third-order valence-corrected chi connectivity index (χ3v) is 2.43. The van der Waals surface area contributed by atoms with Crippen LogP contribution in [0.3, 0.4) is 0 Å². The molecule has 0 saturated carbocycles. The predicted octanol–water partition coefficient (Wildman–Crippen LogP) is 1.27. The number of rotatable bonds is 6. The molecule has 0 saturated heterocycles. The molecule has 0 fully saturated rings. The smallest absolute Gasteiger partial charge is 0.274 e. The van der Waals surface area contributed by atoms with E-state index in [2.05, 4.69) is 31.5 Å². The van der Waals surface area contributed by atoms with Crippen molar-refractivity contribution in [3.8, 4) is 0 Å². The first kappa shape index (κ1) is 13.4. The highest BCUT2D eigenvalue weighted by molar-refractivity contribution is 9.10. The second-order valence-electron chi connectivity index (χ2n) is 3.27. The van der Waals surface area contributed by atoms with E-state index in [1.165, 1.54) is 0 Å². The molecule has 0 aromatic carbocycles. The van der Waals surface area contributed by atoms with Gasteiger partial charge in [0.2, 0.25) is 0 Å². The number of aromatic nitrogens is 1. The van der Waals surface area contributed by atoms with Gasteiger partial charge in [0, 0.05) is 30.5 Å². The molecule has 1 aromatic heterocycles. The molecule has 0 spiro atoms. The van der Waals surface area contributed by atoms with E-state index in [9.17, 15) is 10.1 Å². The highest BCUT2D eigenvalue weighted by atomic mass is 79.9. The normalized spacial score (nSPS) is 11.1. The highest BCUT2D eigenvalue weighted by Crippen LogP contribution is 2.09. The minimum atomic E-state index is -0.501. The summed E-state index contributed by atoms with van der Waals surface area (Å²) in [5.41, 5.74) is 1.06. The minimum absolute atomic E-state index is 0.387. The van der Waals surface area contributed by atoms with Crippen LogP contribution >= 0.6 is 15.9 Å². The van der Waals surface area contributed by atoms with E-state index >= 15 is 0 Å². The third-order valence-electron chi connectivity index (χ3n) is 1.99. The van der Waals surface area contributed by atoms with Crippen molar-refractivity contribution in [3.63, 3.8) is 0 Å². The number of halogens is 1. The van der Waals surface area contributed by atoms with Crippen molar-refractivity contribution in [2.45, 2.75) is 6.42 Å². The average molecular weight is 301 g/mol. The Bertz CT molecular complexity index is 423. The Balaban J connectivity index is 2.44. The van der Waals surface area contributed by atoms with Crippen LogP contribution in [-0.4, -0.2) is 23.5 Å². The molecule has 0 unspecified atom stereocenters. The number of nitro groups is 1. The molecule has 1 aromatic rings. The van der Waals surface area contributed by atoms with Crippen LogP contribution in [0.15, 0.2) is 35.0 Å². The summed E-state index contributed by atoms with van der Waals surface area (Å²) >= 11 is 3.33. The van der Waals surface area contributed by atoms with Crippen LogP contribution in [0.1, 0.15) is 5.56 Å². The molecule has 1 heterocycles. The van der Waals surface area contributed by atoms with Crippen LogP contribution in [0.25, 0.3) is 0 Å². The van der Waals surface area contributed by atoms with Gasteiger partial charge in [0.05, 0.1) is 4.92 Å². The van der Waals surface area contributed by atoms with Crippen molar-refractivity contribution >= 4 is 15.9 Å². The lowest BCUT2D eigenvalue weighted by Crippen LogP contribution is -2.26. The first-order valence-corrected chi connectivity index (χ1v) is 5.77. The third kappa shape index (κ3) is 5.30. The molecule has 0 aliphatic carbocycles. The zero-order valence-electron chi connectivity index (χ0n) is 9.31. The van der Waals surface area contributed by atoms with Gasteiger partial charge in [-0.3, -0.25) is 15.1 Å². The zero-order valence-corrected chi connectivity index (χ0v) is 10.9. The summed E-state index contributed by atoms with van der Waals surface area (Å²) in [7, 11) is 1.63. The number of hydrogen-bond donors (Lipinski definition) is 2. The fourth-order valence-corrected chi connectivity index (χ4v) is 1.65. The maximum Gasteiger partial charge on any atom is 0.274 e. The van der Waals surface area contributed by atoms with Gasteiger partial charge in [-0.15, -0.1) is 0 Å². The van der Waals surface area contributed by atoms with Crippen molar-refractivity contribution in [1.29, 1.82) is 0 Å². The largest absolute Gasteiger partial charge is 0.370 e. The van der Waals surface area contributed by atoms with Crippen LogP contribution in [0.2, 0.25) is 0 Å². The van der Waals surface area contributed by atoms with E-state index < -0.39 is 4.92 Å². The molecule has 0 amide bonds. The second-order valence-corrected chi connectivity index (χ2v) is 4.18. The summed E-state index contributed by atoms with van der Waals surface area (Å²) in [6.07, 6.45) is 5.12. The maximum absolute atomic E-state index is 10.3. The molecule has 0 aliphatic rings. The van der Waals surface area contributed by atoms with E-state index in [1.54, 1.807) is 19.4 Å². The molecular weight excluding hydrogens is 288 g/mol. The number of pyridine rings is 1. The molecule has 2 N–H and O–H groups in total. The highest BCUT2D eigenvalue weighted by Gasteiger charge is 2.00. The minimum Gasteiger partial charge on any atom is -0.370 e. The number of nitrogens with one attached hydrogen (secondary N) is 2. The van der Waals surface area contributed by atoms with Gasteiger partial charge in [0.25, 0.3) is 6.20 Å². The van der Waals surface area contributed by atoms with Crippen LogP contribution in [0.4, 0.5) is 0 Å². The van der Waals surface area contributed by atoms with Gasteiger partial charge in [-0.05, 0) is 34.0 Å². The molecule has 0 aliphatic heterocycles. The summed E-state index contributed by atoms with van der Waals surface area (Å²) in [5.74, 6) is 0.387. The predicted molar refractivity (Wildman–Crippen MR) is 67.8 cm³/mol. The maximum atomic E-state index is 10.3. The standard InChI is InChI=1S/C10H13BrN4O2/c1-12-10(7-15(16)17)14-3-2-8-4-9(11)6-13-5-8/h4-7,12,14H,2-3H2,1H3/b10-7+. The summed E-state index contributed by atoms with van der Waals surface area (Å²) < 4.78 is 0.921. The Morgan fingerprint density at radius 1 is 1.65 bits per heavy atom. The number of hydrogen-bond acceptors (Lipinski definition) is 5. The molecule has 92 valence electrons. The van der Waals surface area contributed by atoms with Crippen molar-refractivity contribution in [3.05, 3.63) is 50.6 Å². The quantitative estimate of drug-likeness (QED) is 0.611. The van der Waals surface area contributed by atoms with Crippen molar-refractivity contribution in [2.24, 2.45) is 0 Å². The van der Waals surface area contributed by atoms with Crippen molar-refractivity contribution in [2.75, 3.05) is 13.6 Å². The lowest BCUT2D eigenvalue weighted by molar-refractivity contribution is -0.404. The molecule has 6 nitrogen and oxygen atoms in total. The molecule has 0 bridgehead atoms. The Morgan fingerprint density at radius 3 is 3.00 bits per heavy atom. The average Bonchev–Trinajstić information content (AvgIpc) is 2.27. The molecule has 0 atom stereocenters. The second kappa shape index (κ2) is 6.85. The topological polar surface area (TPSA) is 80.1 Å². The van der Waals surface area contributed by atoms with Gasteiger partial charge in [-0.25, -0.2) is 0 Å². The Kier molecular flexibility index (Phi) is 5.41. The van der Waals surface area contributed by atoms with E-state index in [-0.39, 0.29) is 0 Å². The van der Waals surface area contributed by atoms with Gasteiger partial charge < -0.3 is 10.6 Å². The van der Waals surface area contributed by atoms with Gasteiger partial charge in [0.15, 0.2) is 5.82 Å². The summed E-state index contributed by atoms with van der Waals surface area (Å²) in [4.78, 5) is 13.8. The van der Waals surface area contributed by atoms with E-state index in [4.69, 9.17) is 0 Å². The van der Waals surface area contributed by atoms with Gasteiger partial charge in [0.1, 0.15) is 0 Å². The van der Waals surface area contributed by atoms with Gasteiger partial charge in [-0.2, -0.15) is 0 Å². The summed E-state index contributed by atoms with van der Waals surface area (Å²) in [5, 5.41) is 15.9. The van der Waals surface area contributed by atoms with Crippen LogP contribution in [0.5, 0.6) is 0 Å². The Morgan fingerprint density at radius 2 is 2.41 bits per heavy atom. The monoisotopic (exact) mass is 300 g/mol. The summed E-state index contributed by atoms with van der Waals surface area (Å²) in [6, 6.07) is 1.96. The van der Waals surface area contributed by atoms with E-state index in [1.807, 2.05) is 6.07 Å². The SMILES string of the molecule is CN/C(=C\[N+](=O)[O-])NCCc1cncc(Br)c1. The van der Waals surface area contributed by atoms with Crippen molar-refractivity contribution in [1.82, 2.24) is 15.6 Å². The van der Waals surface area contributed by atoms with Crippen molar-refractivity contribution < 1.29 is 4.92 Å². The zero-order chi connectivity index (χ0) is 12.7. The Labute approximate surface area is 107 Å². The Hall–Kier alpha value is -1.63. The van der Waals surface area contributed by atoms with Crippen LogP contribution < -0.4 is 10.6 Å². The number of nitrogens with zero attached hydrogens (tertiary/aromatic N) is 2. The van der Waals surface area contributed by atoms with Gasteiger partial charge >= 0.3 is 0 Å². The molecule has 7 heteroatoms. The van der Waals surface area contributed by atoms with Gasteiger partial charge in [-0.1, -0.05) is 0 Å². The summed E-state index contributed by atoms with van der Waals surface area (Å²) in [6.45, 7) is 0.596. The fraction of sp³-hybridized carbons (Fsp3) is 0.300. The molecule has 1 rings (SSSR count). The molecular formula is C10H13BrN4O2.